The second-order valence-electron chi connectivity index (χ2n) is 2.17. The summed E-state index contributed by atoms with van der Waals surface area (Å²) < 4.78 is 34.1. The topological polar surface area (TPSA) is 54.4 Å². The zero-order chi connectivity index (χ0) is 10.2. The van der Waals surface area contributed by atoms with Gasteiger partial charge < -0.3 is 5.11 Å². The molecule has 0 amide bonds. The van der Waals surface area contributed by atoms with Crippen molar-refractivity contribution in [1.29, 1.82) is 0 Å². The molecule has 3 nitrogen and oxygen atoms in total. The highest BCUT2D eigenvalue weighted by molar-refractivity contribution is 8.13. The highest BCUT2D eigenvalue weighted by Gasteiger charge is 2.17. The Morgan fingerprint density at radius 1 is 1.38 bits per heavy atom. The molecule has 0 aliphatic rings. The average Bonchev–Trinajstić information content (AvgIpc) is 1.94. The number of halogens is 3. The minimum atomic E-state index is -4.06. The number of phenols is 1. The van der Waals surface area contributed by atoms with Crippen molar-refractivity contribution < 1.29 is 17.9 Å². The molecule has 0 fully saturated rings. The lowest BCUT2D eigenvalue weighted by molar-refractivity contribution is 0.430. The van der Waals surface area contributed by atoms with Gasteiger partial charge in [0.1, 0.15) is 4.90 Å². The first-order valence-electron chi connectivity index (χ1n) is 2.95. The molecule has 0 aliphatic carbocycles. The molecule has 0 atom stereocenters. The fourth-order valence-corrected chi connectivity index (χ4v) is 2.21. The van der Waals surface area contributed by atoms with Crippen molar-refractivity contribution in [2.45, 2.75) is 4.90 Å². The summed E-state index contributed by atoms with van der Waals surface area (Å²) in [6.07, 6.45) is 0. The Morgan fingerprint density at radius 2 is 1.92 bits per heavy atom. The van der Waals surface area contributed by atoms with Crippen LogP contribution in [0.15, 0.2) is 17.0 Å². The Kier molecular flexibility index (Phi) is 2.70. The van der Waals surface area contributed by atoms with Crippen LogP contribution in [0.2, 0.25) is 5.02 Å². The summed E-state index contributed by atoms with van der Waals surface area (Å²) in [7, 11) is 0.883. The van der Waals surface area contributed by atoms with Crippen LogP contribution in [0.3, 0.4) is 0 Å². The molecule has 0 saturated heterocycles. The van der Waals surface area contributed by atoms with Crippen molar-refractivity contribution in [3.8, 4) is 5.75 Å². The second-order valence-corrected chi connectivity index (χ2v) is 5.11. The van der Waals surface area contributed by atoms with Crippen molar-refractivity contribution in [3.05, 3.63) is 23.0 Å². The highest BCUT2D eigenvalue weighted by Crippen LogP contribution is 2.30. The van der Waals surface area contributed by atoms with E-state index in [1.165, 1.54) is 0 Å². The summed E-state index contributed by atoms with van der Waals surface area (Å²) in [6.45, 7) is 0. The van der Waals surface area contributed by atoms with Crippen LogP contribution in [0.25, 0.3) is 0 Å². The van der Waals surface area contributed by atoms with Crippen LogP contribution in [0.4, 0.5) is 4.39 Å². The molecule has 0 aliphatic heterocycles. The van der Waals surface area contributed by atoms with Gasteiger partial charge in [0, 0.05) is 16.7 Å². The smallest absolute Gasteiger partial charge is 0.262 e. The summed E-state index contributed by atoms with van der Waals surface area (Å²) in [6, 6.07) is 1.33. The van der Waals surface area contributed by atoms with E-state index >= 15 is 0 Å². The summed E-state index contributed by atoms with van der Waals surface area (Å²) in [5.74, 6) is -1.82. The monoisotopic (exact) mass is 244 g/mol. The maximum Gasteiger partial charge on any atom is 0.262 e. The normalized spacial score (nSPS) is 11.6. The van der Waals surface area contributed by atoms with Crippen LogP contribution in [0.1, 0.15) is 0 Å². The predicted octanol–water partition coefficient (Wildman–Crippen LogP) is 2.11. The molecular weight excluding hydrogens is 242 g/mol. The van der Waals surface area contributed by atoms with Crippen molar-refractivity contribution in [3.63, 3.8) is 0 Å². The van der Waals surface area contributed by atoms with E-state index in [-0.39, 0.29) is 5.02 Å². The SMILES string of the molecule is O=S(=O)(Cl)c1cc(O)c(F)cc1Cl. The Labute approximate surface area is 83.1 Å². The molecule has 0 heterocycles. The summed E-state index contributed by atoms with van der Waals surface area (Å²) >= 11 is 5.37. The number of benzene rings is 1. The van der Waals surface area contributed by atoms with Crippen LogP contribution in [0.5, 0.6) is 5.75 Å². The van der Waals surface area contributed by atoms with Gasteiger partial charge in [-0.2, -0.15) is 0 Å². The molecule has 0 radical (unpaired) electrons. The molecule has 1 rings (SSSR count). The molecule has 1 aromatic carbocycles. The molecule has 0 bridgehead atoms. The van der Waals surface area contributed by atoms with Crippen LogP contribution in [0, 0.1) is 5.82 Å². The largest absolute Gasteiger partial charge is 0.505 e. The molecule has 1 N–H and O–H groups in total. The van der Waals surface area contributed by atoms with E-state index in [4.69, 9.17) is 27.4 Å². The molecule has 7 heteroatoms. The number of aromatic hydroxyl groups is 1. The van der Waals surface area contributed by atoms with Gasteiger partial charge in [-0.05, 0) is 6.07 Å². The Hall–Kier alpha value is -0.520. The minimum Gasteiger partial charge on any atom is -0.505 e. The van der Waals surface area contributed by atoms with Crippen LogP contribution < -0.4 is 0 Å². The van der Waals surface area contributed by atoms with Crippen molar-refractivity contribution >= 4 is 31.3 Å². The Bertz CT molecular complexity index is 443. The molecule has 0 spiro atoms. The minimum absolute atomic E-state index is 0.370. The van der Waals surface area contributed by atoms with Gasteiger partial charge in [0.2, 0.25) is 0 Å². The fraction of sp³-hybridized carbons (Fsp3) is 0. The van der Waals surface area contributed by atoms with E-state index in [0.29, 0.717) is 12.1 Å². The van der Waals surface area contributed by atoms with E-state index in [9.17, 15) is 12.8 Å². The number of hydrogen-bond donors (Lipinski definition) is 1. The molecular formula is C6H3Cl2FO3S. The summed E-state index contributed by atoms with van der Waals surface area (Å²) in [4.78, 5) is -0.519. The number of hydrogen-bond acceptors (Lipinski definition) is 3. The van der Waals surface area contributed by atoms with E-state index in [0.717, 1.165) is 0 Å². The van der Waals surface area contributed by atoms with Crippen molar-refractivity contribution in [2.75, 3.05) is 0 Å². The number of rotatable bonds is 1. The van der Waals surface area contributed by atoms with Crippen LogP contribution in [-0.2, 0) is 9.05 Å². The molecule has 0 aromatic heterocycles. The standard InChI is InChI=1S/C6H3Cl2FO3S/c7-3-1-4(9)5(10)2-6(3)13(8,11)12/h1-2,10H. The predicted molar refractivity (Wildman–Crippen MR) is 46.1 cm³/mol. The fourth-order valence-electron chi connectivity index (χ4n) is 0.705. The quantitative estimate of drug-likeness (QED) is 0.771. The lowest BCUT2D eigenvalue weighted by Gasteiger charge is -2.01. The third kappa shape index (κ3) is 2.24. The van der Waals surface area contributed by atoms with Gasteiger partial charge in [0.05, 0.1) is 5.02 Å². The molecule has 0 saturated carbocycles. The lowest BCUT2D eigenvalue weighted by Crippen LogP contribution is -1.92. The van der Waals surface area contributed by atoms with E-state index in [1.54, 1.807) is 0 Å². The first kappa shape index (κ1) is 10.6. The Morgan fingerprint density at radius 3 is 2.38 bits per heavy atom. The van der Waals surface area contributed by atoms with Crippen molar-refractivity contribution in [2.24, 2.45) is 0 Å². The average molecular weight is 245 g/mol. The van der Waals surface area contributed by atoms with Gasteiger partial charge in [-0.25, -0.2) is 12.8 Å². The third-order valence-electron chi connectivity index (χ3n) is 1.26. The van der Waals surface area contributed by atoms with Crippen LogP contribution in [-0.4, -0.2) is 13.5 Å². The van der Waals surface area contributed by atoms with E-state index in [1.807, 2.05) is 0 Å². The second kappa shape index (κ2) is 3.32. The van der Waals surface area contributed by atoms with Gasteiger partial charge in [-0.15, -0.1) is 0 Å². The number of phenolic OH excluding ortho intramolecular Hbond substituents is 1. The van der Waals surface area contributed by atoms with Gasteiger partial charge in [0.15, 0.2) is 11.6 Å². The molecule has 1 aromatic rings. The van der Waals surface area contributed by atoms with Gasteiger partial charge >= 0.3 is 0 Å². The maximum atomic E-state index is 12.6. The highest BCUT2D eigenvalue weighted by atomic mass is 35.7. The van der Waals surface area contributed by atoms with Gasteiger partial charge in [0.25, 0.3) is 9.05 Å². The zero-order valence-electron chi connectivity index (χ0n) is 5.96. The third-order valence-corrected chi connectivity index (χ3v) is 3.05. The first-order chi connectivity index (χ1) is 5.82. The lowest BCUT2D eigenvalue weighted by atomic mass is 10.3. The van der Waals surface area contributed by atoms with Gasteiger partial charge in [-0.3, -0.25) is 0 Å². The molecule has 72 valence electrons. The zero-order valence-corrected chi connectivity index (χ0v) is 8.29. The molecule has 13 heavy (non-hydrogen) atoms. The Balaban J connectivity index is 3.50. The first-order valence-corrected chi connectivity index (χ1v) is 5.64. The molecule has 0 unspecified atom stereocenters. The van der Waals surface area contributed by atoms with Crippen molar-refractivity contribution in [1.82, 2.24) is 0 Å². The summed E-state index contributed by atoms with van der Waals surface area (Å²) in [5.41, 5.74) is 0. The van der Waals surface area contributed by atoms with Gasteiger partial charge in [-0.1, -0.05) is 11.6 Å². The summed E-state index contributed by atoms with van der Waals surface area (Å²) in [5, 5.41) is 8.46. The van der Waals surface area contributed by atoms with E-state index < -0.39 is 25.5 Å². The maximum absolute atomic E-state index is 12.6. The van der Waals surface area contributed by atoms with E-state index in [2.05, 4.69) is 0 Å². The van der Waals surface area contributed by atoms with Crippen LogP contribution >= 0.6 is 22.3 Å².